The zero-order valence-corrected chi connectivity index (χ0v) is 19.9. The van der Waals surface area contributed by atoms with Gasteiger partial charge in [0.1, 0.15) is 11.6 Å². The fraction of sp³-hybridized carbons (Fsp3) is 0.333. The van der Waals surface area contributed by atoms with Crippen LogP contribution in [0.3, 0.4) is 0 Å². The summed E-state index contributed by atoms with van der Waals surface area (Å²) in [4.78, 5) is 15.0. The molecule has 0 bridgehead atoms. The predicted octanol–water partition coefficient (Wildman–Crippen LogP) is 6.76. The molecule has 1 heterocycles. The lowest BCUT2D eigenvalue weighted by molar-refractivity contribution is -0.112. The first-order valence-corrected chi connectivity index (χ1v) is 11.1. The lowest BCUT2D eigenvalue weighted by atomic mass is 9.79. The molecule has 156 valence electrons. The molecule has 0 aromatic heterocycles. The van der Waals surface area contributed by atoms with Gasteiger partial charge in [-0.1, -0.05) is 40.5 Å². The van der Waals surface area contributed by atoms with E-state index in [4.69, 9.17) is 11.6 Å². The number of fused-ring (bicyclic) bond motifs is 1. The molecule has 2 aromatic carbocycles. The van der Waals surface area contributed by atoms with Gasteiger partial charge in [0, 0.05) is 33.0 Å². The largest absolute Gasteiger partial charge is 0.366 e. The number of benzene rings is 2. The Kier molecular flexibility index (Phi) is 6.59. The van der Waals surface area contributed by atoms with Gasteiger partial charge in [-0.25, -0.2) is 0 Å². The maximum absolute atomic E-state index is 12.6. The summed E-state index contributed by atoms with van der Waals surface area (Å²) in [6.45, 7) is 9.73. The highest BCUT2D eigenvalue weighted by atomic mass is 79.9. The van der Waals surface area contributed by atoms with Crippen molar-refractivity contribution >= 4 is 50.9 Å². The number of nitriles is 1. The van der Waals surface area contributed by atoms with E-state index in [0.717, 1.165) is 23.1 Å². The van der Waals surface area contributed by atoms with Crippen molar-refractivity contribution in [2.45, 2.75) is 45.6 Å². The van der Waals surface area contributed by atoms with Crippen LogP contribution in [-0.4, -0.2) is 18.0 Å². The number of carbonyl (C=O) groups excluding carboxylic acids is 1. The molecule has 1 aliphatic rings. The van der Waals surface area contributed by atoms with Crippen LogP contribution in [0.15, 0.2) is 46.4 Å². The molecule has 30 heavy (non-hydrogen) atoms. The van der Waals surface area contributed by atoms with Gasteiger partial charge in [-0.2, -0.15) is 5.26 Å². The molecular weight excluding hydrogens is 462 g/mol. The number of hydrogen-bond donors (Lipinski definition) is 1. The van der Waals surface area contributed by atoms with Crippen molar-refractivity contribution < 1.29 is 4.79 Å². The normalized spacial score (nSPS) is 17.8. The summed E-state index contributed by atoms with van der Waals surface area (Å²) >= 11 is 9.97. The Hall–Kier alpha value is -2.29. The van der Waals surface area contributed by atoms with Crippen LogP contribution in [0.1, 0.15) is 51.2 Å². The Balaban J connectivity index is 1.97. The van der Waals surface area contributed by atoms with E-state index < -0.39 is 5.91 Å². The average molecular weight is 487 g/mol. The van der Waals surface area contributed by atoms with E-state index in [1.165, 1.54) is 5.56 Å². The minimum absolute atomic E-state index is 0.00738. The van der Waals surface area contributed by atoms with Gasteiger partial charge >= 0.3 is 0 Å². The Labute approximate surface area is 191 Å². The molecule has 1 amide bonds. The monoisotopic (exact) mass is 485 g/mol. The van der Waals surface area contributed by atoms with E-state index in [1.807, 2.05) is 30.3 Å². The highest BCUT2D eigenvalue weighted by Gasteiger charge is 2.35. The van der Waals surface area contributed by atoms with Crippen molar-refractivity contribution in [3.63, 3.8) is 0 Å². The predicted molar refractivity (Wildman–Crippen MR) is 128 cm³/mol. The van der Waals surface area contributed by atoms with Crippen molar-refractivity contribution in [2.24, 2.45) is 0 Å². The Morgan fingerprint density at radius 3 is 2.77 bits per heavy atom. The molecule has 3 rings (SSSR count). The number of nitrogens with one attached hydrogen (secondary N) is 1. The van der Waals surface area contributed by atoms with E-state index >= 15 is 0 Å². The second-order valence-electron chi connectivity index (χ2n) is 8.23. The molecule has 1 atom stereocenters. The summed E-state index contributed by atoms with van der Waals surface area (Å²) in [6, 6.07) is 13.2. The van der Waals surface area contributed by atoms with Crippen molar-refractivity contribution in [2.75, 3.05) is 16.8 Å². The standard InChI is InChI=1S/C24H25BrClN3O/c1-5-29-22-12-21(26)16(10-20(22)15(2)13-24(29,3)4)9-17(14-27)23(30)28-19-8-6-7-18(25)11-19/h6-12,15H,5,13H2,1-4H3,(H,28,30)/b17-9+. The summed E-state index contributed by atoms with van der Waals surface area (Å²) in [5.41, 5.74) is 3.66. The molecule has 1 unspecified atom stereocenters. The Morgan fingerprint density at radius 1 is 1.40 bits per heavy atom. The Bertz CT molecular complexity index is 1050. The summed E-state index contributed by atoms with van der Waals surface area (Å²) in [7, 11) is 0. The SMILES string of the molecule is CCN1c2cc(Cl)c(/C=C(\C#N)C(=O)Nc3cccc(Br)c3)cc2C(C)CC1(C)C. The van der Waals surface area contributed by atoms with Crippen LogP contribution in [0.5, 0.6) is 0 Å². The average Bonchev–Trinajstić information content (AvgIpc) is 2.66. The number of amides is 1. The third-order valence-corrected chi connectivity index (χ3v) is 6.39. The fourth-order valence-electron chi connectivity index (χ4n) is 4.30. The van der Waals surface area contributed by atoms with E-state index in [1.54, 1.807) is 18.2 Å². The Morgan fingerprint density at radius 2 is 2.13 bits per heavy atom. The van der Waals surface area contributed by atoms with Crippen molar-refractivity contribution in [1.29, 1.82) is 5.26 Å². The summed E-state index contributed by atoms with van der Waals surface area (Å²) in [5.74, 6) is -0.114. The van der Waals surface area contributed by atoms with Crippen molar-refractivity contribution in [3.8, 4) is 6.07 Å². The maximum atomic E-state index is 12.6. The summed E-state index contributed by atoms with van der Waals surface area (Å²) < 4.78 is 0.845. The molecular formula is C24H25BrClN3O. The van der Waals surface area contributed by atoms with Crippen molar-refractivity contribution in [3.05, 3.63) is 62.6 Å². The molecule has 0 fully saturated rings. The van der Waals surface area contributed by atoms with Crippen LogP contribution >= 0.6 is 27.5 Å². The van der Waals surface area contributed by atoms with Crippen LogP contribution in [0, 0.1) is 11.3 Å². The second kappa shape index (κ2) is 8.83. The van der Waals surface area contributed by atoms with Crippen LogP contribution in [0.2, 0.25) is 5.02 Å². The van der Waals surface area contributed by atoms with Gasteiger partial charge in [0.15, 0.2) is 0 Å². The zero-order chi connectivity index (χ0) is 22.1. The third kappa shape index (κ3) is 4.55. The summed E-state index contributed by atoms with van der Waals surface area (Å²) in [5, 5.41) is 12.9. The van der Waals surface area contributed by atoms with E-state index in [2.05, 4.69) is 53.8 Å². The number of hydrogen-bond acceptors (Lipinski definition) is 3. The fourth-order valence-corrected chi connectivity index (χ4v) is 4.91. The van der Waals surface area contributed by atoms with Gasteiger partial charge in [0.25, 0.3) is 5.91 Å². The van der Waals surface area contributed by atoms with Gasteiger partial charge in [-0.3, -0.25) is 4.79 Å². The topological polar surface area (TPSA) is 56.1 Å². The lowest BCUT2D eigenvalue weighted by Gasteiger charge is -2.47. The molecule has 0 spiro atoms. The van der Waals surface area contributed by atoms with Crippen LogP contribution < -0.4 is 10.2 Å². The number of carbonyl (C=O) groups is 1. The van der Waals surface area contributed by atoms with Crippen LogP contribution in [0.25, 0.3) is 6.08 Å². The van der Waals surface area contributed by atoms with E-state index in [-0.39, 0.29) is 11.1 Å². The second-order valence-corrected chi connectivity index (χ2v) is 9.55. The van der Waals surface area contributed by atoms with E-state index in [9.17, 15) is 10.1 Å². The van der Waals surface area contributed by atoms with Gasteiger partial charge in [0.05, 0.1) is 0 Å². The molecule has 4 nitrogen and oxygen atoms in total. The zero-order valence-electron chi connectivity index (χ0n) is 17.6. The highest BCUT2D eigenvalue weighted by molar-refractivity contribution is 9.10. The van der Waals surface area contributed by atoms with Crippen molar-refractivity contribution in [1.82, 2.24) is 0 Å². The molecule has 0 radical (unpaired) electrons. The molecule has 0 aliphatic carbocycles. The first-order valence-electron chi connectivity index (χ1n) is 9.96. The molecule has 1 N–H and O–H groups in total. The quantitative estimate of drug-likeness (QED) is 0.384. The lowest BCUT2D eigenvalue weighted by Crippen LogP contribution is -2.48. The number of nitrogens with zero attached hydrogens (tertiary/aromatic N) is 2. The van der Waals surface area contributed by atoms with E-state index in [0.29, 0.717) is 22.2 Å². The first-order chi connectivity index (χ1) is 14.2. The first kappa shape index (κ1) is 22.4. The van der Waals surface area contributed by atoms with Gasteiger partial charge in [0.2, 0.25) is 0 Å². The molecule has 0 saturated carbocycles. The number of halogens is 2. The molecule has 2 aromatic rings. The summed E-state index contributed by atoms with van der Waals surface area (Å²) in [6.07, 6.45) is 2.59. The molecule has 0 saturated heterocycles. The highest BCUT2D eigenvalue weighted by Crippen LogP contribution is 2.45. The van der Waals surface area contributed by atoms with Gasteiger partial charge < -0.3 is 10.2 Å². The smallest absolute Gasteiger partial charge is 0.266 e. The minimum atomic E-state index is -0.464. The molecule has 6 heteroatoms. The number of rotatable bonds is 4. The number of anilines is 2. The molecule has 1 aliphatic heterocycles. The third-order valence-electron chi connectivity index (χ3n) is 5.57. The van der Waals surface area contributed by atoms with Crippen LogP contribution in [-0.2, 0) is 4.79 Å². The minimum Gasteiger partial charge on any atom is -0.366 e. The van der Waals surface area contributed by atoms with Crippen LogP contribution in [0.4, 0.5) is 11.4 Å². The van der Waals surface area contributed by atoms with Gasteiger partial charge in [-0.05, 0) is 80.6 Å². The van der Waals surface area contributed by atoms with Gasteiger partial charge in [-0.15, -0.1) is 0 Å². The maximum Gasteiger partial charge on any atom is 0.266 e.